The molecule has 4 rings (SSSR count). The number of hydrogen-bond acceptors (Lipinski definition) is 4. The summed E-state index contributed by atoms with van der Waals surface area (Å²) in [4.78, 5) is 9.84. The topological polar surface area (TPSA) is 28.6 Å². The summed E-state index contributed by atoms with van der Waals surface area (Å²) in [6, 6.07) is 7.69. The number of fused-ring (bicyclic) bond motifs is 1. The molecule has 0 radical (unpaired) electrons. The molecule has 3 aliphatic rings. The van der Waals surface area contributed by atoms with E-state index in [4.69, 9.17) is 4.74 Å². The van der Waals surface area contributed by atoms with E-state index in [1.807, 2.05) is 12.3 Å². The Morgan fingerprint density at radius 2 is 1.90 bits per heavy atom. The first kappa shape index (κ1) is 13.5. The van der Waals surface area contributed by atoms with Crippen LogP contribution in [0.3, 0.4) is 0 Å². The first-order valence-corrected chi connectivity index (χ1v) is 8.41. The second kappa shape index (κ2) is 5.93. The van der Waals surface area contributed by atoms with Gasteiger partial charge in [0, 0.05) is 51.1 Å². The van der Waals surface area contributed by atoms with Crippen LogP contribution in [0.4, 0.5) is 5.82 Å². The molecule has 4 heterocycles. The molecule has 0 bridgehead atoms. The van der Waals surface area contributed by atoms with Crippen molar-refractivity contribution in [3.8, 4) is 0 Å². The van der Waals surface area contributed by atoms with Crippen molar-refractivity contribution in [2.45, 2.75) is 37.8 Å². The molecule has 3 saturated heterocycles. The van der Waals surface area contributed by atoms with Gasteiger partial charge in [0.2, 0.25) is 0 Å². The van der Waals surface area contributed by atoms with E-state index in [-0.39, 0.29) is 0 Å². The lowest BCUT2D eigenvalue weighted by Crippen LogP contribution is -2.39. The number of anilines is 1. The predicted molar refractivity (Wildman–Crippen MR) is 83.5 cm³/mol. The highest BCUT2D eigenvalue weighted by atomic mass is 16.5. The van der Waals surface area contributed by atoms with Crippen molar-refractivity contribution in [3.05, 3.63) is 24.4 Å². The monoisotopic (exact) mass is 287 g/mol. The van der Waals surface area contributed by atoms with E-state index in [1.54, 1.807) is 0 Å². The molecule has 0 unspecified atom stereocenters. The molecule has 0 N–H and O–H groups in total. The second-order valence-electron chi connectivity index (χ2n) is 6.64. The van der Waals surface area contributed by atoms with Crippen molar-refractivity contribution in [2.24, 2.45) is 5.92 Å². The molecule has 3 fully saturated rings. The lowest BCUT2D eigenvalue weighted by molar-refractivity contribution is 0.0508. The van der Waals surface area contributed by atoms with E-state index in [2.05, 4.69) is 26.9 Å². The lowest BCUT2D eigenvalue weighted by Gasteiger charge is -2.30. The van der Waals surface area contributed by atoms with E-state index < -0.39 is 0 Å². The maximum absolute atomic E-state index is 5.49. The number of rotatable bonds is 3. The van der Waals surface area contributed by atoms with Crippen molar-refractivity contribution in [1.29, 1.82) is 0 Å². The third-order valence-electron chi connectivity index (χ3n) is 5.47. The first-order chi connectivity index (χ1) is 10.4. The summed E-state index contributed by atoms with van der Waals surface area (Å²) in [5.41, 5.74) is 0. The van der Waals surface area contributed by atoms with Gasteiger partial charge in [-0.25, -0.2) is 4.98 Å². The van der Waals surface area contributed by atoms with Crippen LogP contribution in [0.25, 0.3) is 0 Å². The summed E-state index contributed by atoms with van der Waals surface area (Å²) >= 11 is 0. The van der Waals surface area contributed by atoms with Gasteiger partial charge >= 0.3 is 0 Å². The van der Waals surface area contributed by atoms with Crippen molar-refractivity contribution in [3.63, 3.8) is 0 Å². The molecule has 1 aromatic heterocycles. The summed E-state index contributed by atoms with van der Waals surface area (Å²) in [6.07, 6.45) is 7.00. The standard InChI is InChI=1S/C17H25N3O/c1-2-8-18-17(3-1)20-10-5-15-16(20)4-9-19(15)13-14-6-11-21-12-7-14/h1-3,8,14-16H,4-7,9-13H2/t15-,16-/m1/s1. The number of nitrogens with zero attached hydrogens (tertiary/aromatic N) is 3. The van der Waals surface area contributed by atoms with Crippen LogP contribution in [0.15, 0.2) is 24.4 Å². The van der Waals surface area contributed by atoms with E-state index in [0.29, 0.717) is 6.04 Å². The minimum absolute atomic E-state index is 0.680. The SMILES string of the molecule is c1ccc(N2CC[C@@H]3[C@H]2CCN3CC2CCOCC2)nc1. The van der Waals surface area contributed by atoms with E-state index >= 15 is 0 Å². The highest BCUT2D eigenvalue weighted by molar-refractivity contribution is 5.42. The number of likely N-dealkylation sites (tertiary alicyclic amines) is 1. The van der Waals surface area contributed by atoms with Crippen molar-refractivity contribution in [2.75, 3.05) is 37.7 Å². The highest BCUT2D eigenvalue weighted by Crippen LogP contribution is 2.35. The summed E-state index contributed by atoms with van der Waals surface area (Å²) in [5.74, 6) is 2.01. The van der Waals surface area contributed by atoms with E-state index in [1.165, 1.54) is 38.8 Å². The van der Waals surface area contributed by atoms with Crippen LogP contribution in [0.1, 0.15) is 25.7 Å². The van der Waals surface area contributed by atoms with Gasteiger partial charge in [-0.3, -0.25) is 4.90 Å². The van der Waals surface area contributed by atoms with Gasteiger partial charge in [0.1, 0.15) is 5.82 Å². The molecule has 0 spiro atoms. The fourth-order valence-corrected chi connectivity index (χ4v) is 4.37. The van der Waals surface area contributed by atoms with E-state index in [9.17, 15) is 0 Å². The normalized spacial score (nSPS) is 30.8. The minimum atomic E-state index is 0.680. The van der Waals surface area contributed by atoms with Gasteiger partial charge in [-0.2, -0.15) is 0 Å². The third kappa shape index (κ3) is 2.67. The van der Waals surface area contributed by atoms with Crippen LogP contribution < -0.4 is 4.90 Å². The molecular formula is C17H25N3O. The fourth-order valence-electron chi connectivity index (χ4n) is 4.37. The largest absolute Gasteiger partial charge is 0.381 e. The summed E-state index contributed by atoms with van der Waals surface area (Å²) < 4.78 is 5.49. The molecule has 1 aromatic rings. The molecule has 114 valence electrons. The van der Waals surface area contributed by atoms with Crippen LogP contribution >= 0.6 is 0 Å². The molecule has 4 nitrogen and oxygen atoms in total. The van der Waals surface area contributed by atoms with Gasteiger partial charge in [-0.05, 0) is 43.7 Å². The van der Waals surface area contributed by atoms with Crippen molar-refractivity contribution >= 4 is 5.82 Å². The predicted octanol–water partition coefficient (Wildman–Crippen LogP) is 2.16. The number of aromatic nitrogens is 1. The fraction of sp³-hybridized carbons (Fsp3) is 0.706. The number of pyridine rings is 1. The Bertz CT molecular complexity index is 460. The average Bonchev–Trinajstić information content (AvgIpc) is 3.12. The van der Waals surface area contributed by atoms with Gasteiger partial charge in [-0.15, -0.1) is 0 Å². The molecule has 0 saturated carbocycles. The van der Waals surface area contributed by atoms with Crippen molar-refractivity contribution in [1.82, 2.24) is 9.88 Å². The van der Waals surface area contributed by atoms with Gasteiger partial charge in [0.05, 0.1) is 0 Å². The molecule has 21 heavy (non-hydrogen) atoms. The quantitative estimate of drug-likeness (QED) is 0.852. The minimum Gasteiger partial charge on any atom is -0.381 e. The molecule has 0 amide bonds. The average molecular weight is 287 g/mol. The molecule has 3 aliphatic heterocycles. The van der Waals surface area contributed by atoms with Crippen LogP contribution in [0, 0.1) is 5.92 Å². The second-order valence-corrected chi connectivity index (χ2v) is 6.64. The van der Waals surface area contributed by atoms with Crippen molar-refractivity contribution < 1.29 is 4.74 Å². The molecule has 4 heteroatoms. The van der Waals surface area contributed by atoms with Gasteiger partial charge in [0.15, 0.2) is 0 Å². The van der Waals surface area contributed by atoms with Crippen LogP contribution in [-0.4, -0.2) is 54.8 Å². The third-order valence-corrected chi connectivity index (χ3v) is 5.47. The van der Waals surface area contributed by atoms with Gasteiger partial charge < -0.3 is 9.64 Å². The zero-order chi connectivity index (χ0) is 14.1. The Hall–Kier alpha value is -1.13. The van der Waals surface area contributed by atoms with Crippen LogP contribution in [-0.2, 0) is 4.74 Å². The Balaban J connectivity index is 1.41. The smallest absolute Gasteiger partial charge is 0.128 e. The Morgan fingerprint density at radius 1 is 1.05 bits per heavy atom. The van der Waals surface area contributed by atoms with Gasteiger partial charge in [-0.1, -0.05) is 6.07 Å². The Kier molecular flexibility index (Phi) is 3.82. The molecule has 0 aromatic carbocycles. The maximum atomic E-state index is 5.49. The Morgan fingerprint density at radius 3 is 2.71 bits per heavy atom. The zero-order valence-corrected chi connectivity index (χ0v) is 12.7. The highest BCUT2D eigenvalue weighted by Gasteiger charge is 2.43. The van der Waals surface area contributed by atoms with Crippen LogP contribution in [0.5, 0.6) is 0 Å². The Labute approximate surface area is 127 Å². The lowest BCUT2D eigenvalue weighted by atomic mass is 9.99. The molecular weight excluding hydrogens is 262 g/mol. The molecule has 0 aliphatic carbocycles. The maximum Gasteiger partial charge on any atom is 0.128 e. The van der Waals surface area contributed by atoms with Gasteiger partial charge in [0.25, 0.3) is 0 Å². The first-order valence-electron chi connectivity index (χ1n) is 8.41. The van der Waals surface area contributed by atoms with E-state index in [0.717, 1.165) is 37.5 Å². The summed E-state index contributed by atoms with van der Waals surface area (Å²) in [5, 5.41) is 0. The molecule has 2 atom stereocenters. The number of hydrogen-bond donors (Lipinski definition) is 0. The van der Waals surface area contributed by atoms with Crippen LogP contribution in [0.2, 0.25) is 0 Å². The summed E-state index contributed by atoms with van der Waals surface area (Å²) in [6.45, 7) is 5.63. The zero-order valence-electron chi connectivity index (χ0n) is 12.7. The number of ether oxygens (including phenoxy) is 1. The summed E-state index contributed by atoms with van der Waals surface area (Å²) in [7, 11) is 0.